The summed E-state index contributed by atoms with van der Waals surface area (Å²) >= 11 is 0. The van der Waals surface area contributed by atoms with Crippen LogP contribution in [-0.4, -0.2) is 34.4 Å². The fourth-order valence-electron chi connectivity index (χ4n) is 2.51. The van der Waals surface area contributed by atoms with Crippen LogP contribution in [0.2, 0.25) is 0 Å². The summed E-state index contributed by atoms with van der Waals surface area (Å²) in [6.07, 6.45) is 2.17. The highest BCUT2D eigenvalue weighted by Gasteiger charge is 2.19. The molecular formula is C15H18N4O2. The summed E-state index contributed by atoms with van der Waals surface area (Å²) in [5.74, 6) is 0.877. The van der Waals surface area contributed by atoms with Crippen molar-refractivity contribution in [2.24, 2.45) is 0 Å². The van der Waals surface area contributed by atoms with E-state index in [0.29, 0.717) is 32.2 Å². The Hall–Kier alpha value is -2.37. The fraction of sp³-hybridized carbons (Fsp3) is 0.400. The number of nitrogens with one attached hydrogen (secondary N) is 3. The average Bonchev–Trinajstić information content (AvgIpc) is 2.90. The molecular weight excluding hydrogens is 268 g/mol. The van der Waals surface area contributed by atoms with Crippen molar-refractivity contribution in [3.63, 3.8) is 0 Å². The molecule has 1 unspecified atom stereocenters. The van der Waals surface area contributed by atoms with Crippen LogP contribution < -0.4 is 10.6 Å². The van der Waals surface area contributed by atoms with E-state index in [2.05, 4.69) is 20.6 Å². The number of amides is 2. The minimum absolute atomic E-state index is 0.00314. The number of aromatic amines is 1. The predicted molar refractivity (Wildman–Crippen MR) is 78.6 cm³/mol. The molecule has 2 amide bonds. The van der Waals surface area contributed by atoms with Gasteiger partial charge in [0.2, 0.25) is 11.8 Å². The number of aryl methyl sites for hydroxylation is 1. The number of para-hydroxylation sites is 2. The first-order valence-corrected chi connectivity index (χ1v) is 7.20. The first kappa shape index (κ1) is 13.6. The number of fused-ring (bicyclic) bond motifs is 1. The van der Waals surface area contributed by atoms with Crippen molar-refractivity contribution in [2.45, 2.75) is 31.7 Å². The number of aromatic nitrogens is 2. The highest BCUT2D eigenvalue weighted by molar-refractivity contribution is 5.79. The third-order valence-corrected chi connectivity index (χ3v) is 3.66. The Bertz CT molecular complexity index is 621. The van der Waals surface area contributed by atoms with Gasteiger partial charge < -0.3 is 15.6 Å². The molecule has 1 aromatic carbocycles. The second-order valence-electron chi connectivity index (χ2n) is 5.31. The molecule has 1 fully saturated rings. The number of carbonyl (C=O) groups excluding carboxylic acids is 2. The van der Waals surface area contributed by atoms with E-state index < -0.39 is 0 Å². The molecule has 3 N–H and O–H groups in total. The summed E-state index contributed by atoms with van der Waals surface area (Å²) in [4.78, 5) is 30.6. The Morgan fingerprint density at radius 2 is 2.24 bits per heavy atom. The van der Waals surface area contributed by atoms with Gasteiger partial charge in [0, 0.05) is 31.8 Å². The van der Waals surface area contributed by atoms with Crippen LogP contribution in [0.3, 0.4) is 0 Å². The number of rotatable bonds is 4. The zero-order valence-corrected chi connectivity index (χ0v) is 11.7. The van der Waals surface area contributed by atoms with Crippen LogP contribution in [-0.2, 0) is 16.0 Å². The van der Waals surface area contributed by atoms with E-state index in [1.807, 2.05) is 24.3 Å². The lowest BCUT2D eigenvalue weighted by Gasteiger charge is -2.23. The van der Waals surface area contributed by atoms with E-state index in [-0.39, 0.29) is 17.9 Å². The van der Waals surface area contributed by atoms with Crippen LogP contribution in [0.25, 0.3) is 11.0 Å². The van der Waals surface area contributed by atoms with E-state index in [1.165, 1.54) is 0 Å². The predicted octanol–water partition coefficient (Wildman–Crippen LogP) is 0.890. The molecule has 1 aromatic heterocycles. The summed E-state index contributed by atoms with van der Waals surface area (Å²) in [6.45, 7) is 0.523. The van der Waals surface area contributed by atoms with Crippen molar-refractivity contribution in [1.82, 2.24) is 20.6 Å². The number of imidazole rings is 1. The maximum atomic E-state index is 11.9. The molecule has 1 atom stereocenters. The first-order valence-electron chi connectivity index (χ1n) is 7.20. The van der Waals surface area contributed by atoms with E-state index in [1.54, 1.807) is 0 Å². The van der Waals surface area contributed by atoms with Gasteiger partial charge in [-0.3, -0.25) is 9.59 Å². The van der Waals surface area contributed by atoms with Gasteiger partial charge in [0.1, 0.15) is 5.82 Å². The maximum Gasteiger partial charge on any atom is 0.220 e. The monoisotopic (exact) mass is 286 g/mol. The topological polar surface area (TPSA) is 86.9 Å². The van der Waals surface area contributed by atoms with Gasteiger partial charge in [-0.05, 0) is 18.6 Å². The zero-order chi connectivity index (χ0) is 14.7. The molecule has 0 bridgehead atoms. The van der Waals surface area contributed by atoms with Gasteiger partial charge in [-0.2, -0.15) is 0 Å². The van der Waals surface area contributed by atoms with Gasteiger partial charge in [-0.25, -0.2) is 4.98 Å². The number of piperidine rings is 1. The average molecular weight is 286 g/mol. The van der Waals surface area contributed by atoms with Crippen LogP contribution in [0.1, 0.15) is 25.1 Å². The van der Waals surface area contributed by atoms with Gasteiger partial charge in [0.05, 0.1) is 11.0 Å². The number of benzene rings is 1. The molecule has 3 rings (SSSR count). The number of hydrogen-bond acceptors (Lipinski definition) is 3. The van der Waals surface area contributed by atoms with Crippen molar-refractivity contribution in [2.75, 3.05) is 6.54 Å². The van der Waals surface area contributed by atoms with E-state index in [4.69, 9.17) is 0 Å². The quantitative estimate of drug-likeness (QED) is 0.780. The van der Waals surface area contributed by atoms with E-state index in [9.17, 15) is 9.59 Å². The summed E-state index contributed by atoms with van der Waals surface area (Å²) < 4.78 is 0. The molecule has 0 saturated carbocycles. The van der Waals surface area contributed by atoms with Crippen LogP contribution in [0.15, 0.2) is 24.3 Å². The summed E-state index contributed by atoms with van der Waals surface area (Å²) in [5.41, 5.74) is 1.91. The number of hydrogen-bond donors (Lipinski definition) is 3. The van der Waals surface area contributed by atoms with Crippen LogP contribution in [0.5, 0.6) is 0 Å². The second kappa shape index (κ2) is 5.95. The molecule has 110 valence electrons. The molecule has 1 aliphatic heterocycles. The lowest BCUT2D eigenvalue weighted by molar-refractivity contribution is -0.125. The van der Waals surface area contributed by atoms with Crippen LogP contribution in [0.4, 0.5) is 0 Å². The van der Waals surface area contributed by atoms with Crippen molar-refractivity contribution < 1.29 is 9.59 Å². The van der Waals surface area contributed by atoms with Crippen molar-refractivity contribution in [3.8, 4) is 0 Å². The molecule has 1 saturated heterocycles. The molecule has 0 spiro atoms. The van der Waals surface area contributed by atoms with Crippen molar-refractivity contribution in [3.05, 3.63) is 30.1 Å². The highest BCUT2D eigenvalue weighted by atomic mass is 16.2. The standard InChI is InChI=1S/C15H18N4O2/c20-14-7-5-10(9-16-14)17-15(21)8-6-13-18-11-3-1-2-4-12(11)19-13/h1-4,10H,5-9H2,(H,16,20)(H,17,21)(H,18,19). The Labute approximate surface area is 122 Å². The minimum Gasteiger partial charge on any atom is -0.354 e. The first-order chi connectivity index (χ1) is 10.2. The zero-order valence-electron chi connectivity index (χ0n) is 11.7. The Balaban J connectivity index is 1.50. The molecule has 21 heavy (non-hydrogen) atoms. The molecule has 0 aliphatic carbocycles. The molecule has 6 nitrogen and oxygen atoms in total. The van der Waals surface area contributed by atoms with Gasteiger partial charge in [-0.15, -0.1) is 0 Å². The Morgan fingerprint density at radius 3 is 3.00 bits per heavy atom. The van der Waals surface area contributed by atoms with Gasteiger partial charge in [0.25, 0.3) is 0 Å². The normalized spacial score (nSPS) is 18.5. The number of H-pyrrole nitrogens is 1. The molecule has 2 heterocycles. The Kier molecular flexibility index (Phi) is 3.85. The SMILES string of the molecule is O=C1CCC(NC(=O)CCc2nc3ccccc3[nH]2)CN1. The smallest absolute Gasteiger partial charge is 0.220 e. The lowest BCUT2D eigenvalue weighted by Crippen LogP contribution is -2.47. The second-order valence-corrected chi connectivity index (χ2v) is 5.31. The van der Waals surface area contributed by atoms with Gasteiger partial charge >= 0.3 is 0 Å². The minimum atomic E-state index is -0.00314. The van der Waals surface area contributed by atoms with Crippen LogP contribution in [0, 0.1) is 0 Å². The fourth-order valence-corrected chi connectivity index (χ4v) is 2.51. The number of carbonyl (C=O) groups is 2. The summed E-state index contributed by atoms with van der Waals surface area (Å²) in [5, 5.41) is 5.70. The third-order valence-electron chi connectivity index (χ3n) is 3.66. The van der Waals surface area contributed by atoms with Gasteiger partial charge in [-0.1, -0.05) is 12.1 Å². The largest absolute Gasteiger partial charge is 0.354 e. The van der Waals surface area contributed by atoms with E-state index >= 15 is 0 Å². The van der Waals surface area contributed by atoms with Crippen molar-refractivity contribution >= 4 is 22.8 Å². The lowest BCUT2D eigenvalue weighted by atomic mass is 10.1. The van der Waals surface area contributed by atoms with Gasteiger partial charge in [0.15, 0.2) is 0 Å². The summed E-state index contributed by atoms with van der Waals surface area (Å²) in [6, 6.07) is 7.85. The third kappa shape index (κ3) is 3.39. The molecule has 2 aromatic rings. The Morgan fingerprint density at radius 1 is 1.38 bits per heavy atom. The molecule has 0 radical (unpaired) electrons. The number of nitrogens with zero attached hydrogens (tertiary/aromatic N) is 1. The highest BCUT2D eigenvalue weighted by Crippen LogP contribution is 2.11. The molecule has 6 heteroatoms. The maximum absolute atomic E-state index is 11.9. The van der Waals surface area contributed by atoms with E-state index in [0.717, 1.165) is 16.9 Å². The molecule has 1 aliphatic rings. The summed E-state index contributed by atoms with van der Waals surface area (Å²) in [7, 11) is 0. The van der Waals surface area contributed by atoms with Crippen molar-refractivity contribution in [1.29, 1.82) is 0 Å². The van der Waals surface area contributed by atoms with Crippen LogP contribution >= 0.6 is 0 Å².